The Morgan fingerprint density at radius 2 is 1.75 bits per heavy atom. The van der Waals surface area contributed by atoms with Crippen LogP contribution in [-0.4, -0.2) is 34.9 Å². The molecular formula is C8H12N6O2. The molecule has 0 saturated carbocycles. The average molecular weight is 224 g/mol. The smallest absolute Gasteiger partial charge is 0.237 e. The third kappa shape index (κ3) is 3.40. The van der Waals surface area contributed by atoms with Crippen LogP contribution in [-0.2, 0) is 9.59 Å². The first-order chi connectivity index (χ1) is 7.49. The van der Waals surface area contributed by atoms with Gasteiger partial charge in [0.2, 0.25) is 11.8 Å². The van der Waals surface area contributed by atoms with E-state index >= 15 is 0 Å². The number of rotatable bonds is 5. The highest BCUT2D eigenvalue weighted by Gasteiger charge is 2.13. The molecule has 1 heterocycles. The molecule has 0 bridgehead atoms. The number of carbonyl (C=O) groups is 2. The van der Waals surface area contributed by atoms with Gasteiger partial charge in [-0.05, 0) is 0 Å². The van der Waals surface area contributed by atoms with Crippen LogP contribution in [0.4, 0.5) is 11.6 Å². The number of hydrogen-bond donors (Lipinski definition) is 3. The van der Waals surface area contributed by atoms with Crippen molar-refractivity contribution in [3.05, 3.63) is 12.4 Å². The number of anilines is 2. The lowest BCUT2D eigenvalue weighted by atomic mass is 10.4. The summed E-state index contributed by atoms with van der Waals surface area (Å²) in [5, 5.41) is 0. The van der Waals surface area contributed by atoms with Crippen LogP contribution in [0.15, 0.2) is 12.4 Å². The van der Waals surface area contributed by atoms with E-state index in [0.717, 1.165) is 0 Å². The van der Waals surface area contributed by atoms with Crippen molar-refractivity contribution in [2.75, 3.05) is 23.7 Å². The predicted molar refractivity (Wildman–Crippen MR) is 57.0 cm³/mol. The number of primary amides is 2. The number of carbonyl (C=O) groups excluding carboxylic acids is 2. The molecule has 0 saturated heterocycles. The zero-order valence-corrected chi connectivity index (χ0v) is 8.46. The van der Waals surface area contributed by atoms with Gasteiger partial charge in [-0.25, -0.2) is 4.98 Å². The van der Waals surface area contributed by atoms with Gasteiger partial charge in [0.15, 0.2) is 0 Å². The van der Waals surface area contributed by atoms with E-state index in [0.29, 0.717) is 0 Å². The van der Waals surface area contributed by atoms with E-state index in [1.165, 1.54) is 17.3 Å². The molecule has 0 aliphatic carbocycles. The molecule has 0 aliphatic heterocycles. The summed E-state index contributed by atoms with van der Waals surface area (Å²) < 4.78 is 0. The fourth-order valence-electron chi connectivity index (χ4n) is 1.12. The van der Waals surface area contributed by atoms with Gasteiger partial charge in [-0.3, -0.25) is 14.6 Å². The molecule has 8 heteroatoms. The van der Waals surface area contributed by atoms with Crippen molar-refractivity contribution in [3.8, 4) is 0 Å². The van der Waals surface area contributed by atoms with E-state index in [4.69, 9.17) is 17.2 Å². The van der Waals surface area contributed by atoms with Crippen LogP contribution in [0.2, 0.25) is 0 Å². The van der Waals surface area contributed by atoms with E-state index < -0.39 is 11.8 Å². The van der Waals surface area contributed by atoms with Gasteiger partial charge in [-0.2, -0.15) is 0 Å². The predicted octanol–water partition coefficient (Wildman–Crippen LogP) is -2.16. The Morgan fingerprint density at radius 3 is 2.19 bits per heavy atom. The van der Waals surface area contributed by atoms with Crippen LogP contribution in [0.3, 0.4) is 0 Å². The molecule has 1 rings (SSSR count). The van der Waals surface area contributed by atoms with Gasteiger partial charge in [-0.15, -0.1) is 0 Å². The van der Waals surface area contributed by atoms with Crippen molar-refractivity contribution in [2.24, 2.45) is 11.5 Å². The molecule has 0 fully saturated rings. The first-order valence-electron chi connectivity index (χ1n) is 4.38. The maximum Gasteiger partial charge on any atom is 0.237 e. The second-order valence-corrected chi connectivity index (χ2v) is 3.09. The monoisotopic (exact) mass is 224 g/mol. The van der Waals surface area contributed by atoms with Crippen LogP contribution in [0.25, 0.3) is 0 Å². The topological polar surface area (TPSA) is 141 Å². The van der Waals surface area contributed by atoms with Crippen molar-refractivity contribution >= 4 is 23.5 Å². The molecule has 1 aromatic heterocycles. The number of nitrogens with zero attached hydrogens (tertiary/aromatic N) is 3. The van der Waals surface area contributed by atoms with Gasteiger partial charge in [0.25, 0.3) is 0 Å². The summed E-state index contributed by atoms with van der Waals surface area (Å²) >= 11 is 0. The Hall–Kier alpha value is -2.38. The lowest BCUT2D eigenvalue weighted by molar-refractivity contribution is -0.117. The van der Waals surface area contributed by atoms with Crippen LogP contribution in [0, 0.1) is 0 Å². The van der Waals surface area contributed by atoms with Crippen molar-refractivity contribution < 1.29 is 9.59 Å². The molecule has 6 N–H and O–H groups in total. The van der Waals surface area contributed by atoms with Gasteiger partial charge in [0, 0.05) is 0 Å². The number of aromatic nitrogens is 2. The van der Waals surface area contributed by atoms with Gasteiger partial charge >= 0.3 is 0 Å². The first-order valence-corrected chi connectivity index (χ1v) is 4.38. The highest BCUT2D eigenvalue weighted by Crippen LogP contribution is 2.09. The summed E-state index contributed by atoms with van der Waals surface area (Å²) in [5.41, 5.74) is 15.5. The summed E-state index contributed by atoms with van der Waals surface area (Å²) in [6.45, 7) is -0.359. The third-order valence-corrected chi connectivity index (χ3v) is 1.66. The van der Waals surface area contributed by atoms with Gasteiger partial charge in [0.05, 0.1) is 25.5 Å². The Kier molecular flexibility index (Phi) is 3.59. The van der Waals surface area contributed by atoms with Crippen molar-refractivity contribution in [3.63, 3.8) is 0 Å². The number of amides is 2. The molecule has 16 heavy (non-hydrogen) atoms. The van der Waals surface area contributed by atoms with Crippen molar-refractivity contribution in [1.29, 1.82) is 0 Å². The van der Waals surface area contributed by atoms with E-state index in [9.17, 15) is 9.59 Å². The van der Waals surface area contributed by atoms with E-state index in [2.05, 4.69) is 9.97 Å². The minimum atomic E-state index is -0.606. The standard InChI is InChI=1S/C8H12N6O2/c9-5-1-12-2-8(13-5)14(3-6(10)15)4-7(11)16/h1-2H,3-4H2,(H2,9,13)(H2,10,15)(H2,11,16). The molecular weight excluding hydrogens is 212 g/mol. The Morgan fingerprint density at radius 1 is 1.19 bits per heavy atom. The maximum absolute atomic E-state index is 10.8. The summed E-state index contributed by atoms with van der Waals surface area (Å²) in [6, 6.07) is 0. The SMILES string of the molecule is NC(=O)CN(CC(N)=O)c1cncc(N)n1. The lowest BCUT2D eigenvalue weighted by Crippen LogP contribution is -2.40. The van der Waals surface area contributed by atoms with Gasteiger partial charge < -0.3 is 22.1 Å². The second kappa shape index (κ2) is 4.91. The quantitative estimate of drug-likeness (QED) is 0.520. The summed E-state index contributed by atoms with van der Waals surface area (Å²) in [7, 11) is 0. The average Bonchev–Trinajstić information content (AvgIpc) is 2.15. The molecule has 0 unspecified atom stereocenters. The molecule has 0 aliphatic rings. The molecule has 0 atom stereocenters. The number of nitrogens with two attached hydrogens (primary N) is 3. The zero-order chi connectivity index (χ0) is 12.1. The highest BCUT2D eigenvalue weighted by atomic mass is 16.2. The molecule has 0 spiro atoms. The van der Waals surface area contributed by atoms with Crippen LogP contribution < -0.4 is 22.1 Å². The summed E-state index contributed by atoms with van der Waals surface area (Å²) in [6.07, 6.45) is 2.71. The zero-order valence-electron chi connectivity index (χ0n) is 8.46. The molecule has 86 valence electrons. The Bertz CT molecular complexity index is 391. The minimum absolute atomic E-state index is 0.177. The van der Waals surface area contributed by atoms with Crippen LogP contribution in [0.1, 0.15) is 0 Å². The lowest BCUT2D eigenvalue weighted by Gasteiger charge is -2.19. The number of hydrogen-bond acceptors (Lipinski definition) is 6. The Balaban J connectivity index is 2.90. The van der Waals surface area contributed by atoms with Gasteiger partial charge in [-0.1, -0.05) is 0 Å². The molecule has 1 aromatic rings. The summed E-state index contributed by atoms with van der Waals surface area (Å²) in [5.74, 6) is -0.759. The van der Waals surface area contributed by atoms with Crippen molar-refractivity contribution in [1.82, 2.24) is 9.97 Å². The summed E-state index contributed by atoms with van der Waals surface area (Å²) in [4.78, 5) is 30.6. The largest absolute Gasteiger partial charge is 0.382 e. The van der Waals surface area contributed by atoms with E-state index in [1.54, 1.807) is 0 Å². The van der Waals surface area contributed by atoms with E-state index in [-0.39, 0.29) is 24.7 Å². The molecule has 0 aromatic carbocycles. The normalized spacial score (nSPS) is 9.75. The fraction of sp³-hybridized carbons (Fsp3) is 0.250. The maximum atomic E-state index is 10.8. The second-order valence-electron chi connectivity index (χ2n) is 3.09. The molecule has 8 nitrogen and oxygen atoms in total. The third-order valence-electron chi connectivity index (χ3n) is 1.66. The minimum Gasteiger partial charge on any atom is -0.382 e. The Labute approximate surface area is 91.4 Å². The van der Waals surface area contributed by atoms with Gasteiger partial charge in [0.1, 0.15) is 11.6 Å². The highest BCUT2D eigenvalue weighted by molar-refractivity contribution is 5.84. The van der Waals surface area contributed by atoms with Crippen LogP contribution >= 0.6 is 0 Å². The molecule has 0 radical (unpaired) electrons. The van der Waals surface area contributed by atoms with Crippen molar-refractivity contribution in [2.45, 2.75) is 0 Å². The molecule has 2 amide bonds. The fourth-order valence-corrected chi connectivity index (χ4v) is 1.12. The first kappa shape index (κ1) is 11.7. The van der Waals surface area contributed by atoms with E-state index in [1.807, 2.05) is 0 Å². The van der Waals surface area contributed by atoms with Crippen LogP contribution in [0.5, 0.6) is 0 Å². The number of nitrogen functional groups attached to an aromatic ring is 1.